The second-order valence-electron chi connectivity index (χ2n) is 4.16. The number of aromatic nitrogens is 3. The summed E-state index contributed by atoms with van der Waals surface area (Å²) >= 11 is 10.4. The van der Waals surface area contributed by atoms with Gasteiger partial charge in [-0.3, -0.25) is 9.78 Å². The minimum atomic E-state index is -0.420. The van der Waals surface area contributed by atoms with Gasteiger partial charge in [-0.15, -0.1) is 0 Å². The van der Waals surface area contributed by atoms with Gasteiger partial charge in [0.1, 0.15) is 0 Å². The van der Waals surface area contributed by atoms with E-state index in [-0.39, 0.29) is 5.91 Å². The lowest BCUT2D eigenvalue weighted by Crippen LogP contribution is -2.30. The minimum Gasteiger partial charge on any atom is -0.356 e. The van der Waals surface area contributed by atoms with Crippen LogP contribution in [0.25, 0.3) is 5.69 Å². The first-order valence-electron chi connectivity index (χ1n) is 6.21. The normalized spacial score (nSPS) is 12.2. The van der Waals surface area contributed by atoms with Crippen molar-refractivity contribution in [2.24, 2.45) is 0 Å². The third kappa shape index (κ3) is 3.13. The van der Waals surface area contributed by atoms with Crippen LogP contribution in [0.1, 0.15) is 18.4 Å². The molecule has 106 valence electrons. The number of halogens is 1. The van der Waals surface area contributed by atoms with Crippen LogP contribution in [0.3, 0.4) is 0 Å². The van der Waals surface area contributed by atoms with E-state index in [4.69, 9.17) is 11.6 Å². The van der Waals surface area contributed by atoms with Gasteiger partial charge in [0, 0.05) is 30.3 Å². The van der Waals surface area contributed by atoms with Crippen molar-refractivity contribution >= 4 is 30.1 Å². The van der Waals surface area contributed by atoms with Gasteiger partial charge in [0.05, 0.1) is 17.8 Å². The molecule has 1 unspecified atom stereocenters. The molecule has 7 heteroatoms. The molecule has 5 nitrogen and oxygen atoms in total. The molecule has 0 spiro atoms. The zero-order chi connectivity index (χ0) is 14.5. The van der Waals surface area contributed by atoms with Crippen LogP contribution in [-0.4, -0.2) is 33.0 Å². The van der Waals surface area contributed by atoms with E-state index in [0.29, 0.717) is 23.0 Å². The highest BCUT2D eigenvalue weighted by Crippen LogP contribution is 2.26. The summed E-state index contributed by atoms with van der Waals surface area (Å²) in [7, 11) is 0. The van der Waals surface area contributed by atoms with Crippen LogP contribution in [-0.2, 0) is 4.79 Å². The van der Waals surface area contributed by atoms with E-state index in [1.54, 1.807) is 23.3 Å². The summed E-state index contributed by atoms with van der Waals surface area (Å²) in [6, 6.07) is 3.67. The van der Waals surface area contributed by atoms with Crippen molar-refractivity contribution in [3.05, 3.63) is 41.4 Å². The Hall–Kier alpha value is -1.53. The number of nitrogens with one attached hydrogen (secondary N) is 1. The van der Waals surface area contributed by atoms with Crippen molar-refractivity contribution in [1.29, 1.82) is 0 Å². The molecular weight excluding hydrogens is 296 g/mol. The average Bonchev–Trinajstić information content (AvgIpc) is 2.83. The minimum absolute atomic E-state index is 0.102. The lowest BCUT2D eigenvalue weighted by atomic mass is 10.0. The second-order valence-corrected chi connectivity index (χ2v) is 4.88. The van der Waals surface area contributed by atoms with E-state index in [0.717, 1.165) is 5.69 Å². The molecular formula is C13H15ClN4OS. The Balaban J connectivity index is 2.33. The number of hydrogen-bond donors (Lipinski definition) is 2. The van der Waals surface area contributed by atoms with E-state index >= 15 is 0 Å². The Morgan fingerprint density at radius 1 is 1.60 bits per heavy atom. The molecule has 2 rings (SSSR count). The summed E-state index contributed by atoms with van der Waals surface area (Å²) in [6.07, 6.45) is 5.10. The van der Waals surface area contributed by atoms with Crippen LogP contribution < -0.4 is 5.32 Å². The molecule has 0 saturated carbocycles. The van der Waals surface area contributed by atoms with Crippen LogP contribution in [0.4, 0.5) is 0 Å². The number of likely N-dealkylation sites (N-methyl/N-ethyl adjacent to an activating group) is 1. The van der Waals surface area contributed by atoms with Gasteiger partial charge in [-0.25, -0.2) is 4.68 Å². The van der Waals surface area contributed by atoms with Crippen molar-refractivity contribution in [2.75, 3.05) is 12.3 Å². The molecule has 2 aromatic heterocycles. The number of thiol groups is 1. The summed E-state index contributed by atoms with van der Waals surface area (Å²) in [5.41, 5.74) is 1.45. The van der Waals surface area contributed by atoms with Gasteiger partial charge >= 0.3 is 0 Å². The Morgan fingerprint density at radius 3 is 3.00 bits per heavy atom. The molecule has 0 radical (unpaired) electrons. The van der Waals surface area contributed by atoms with Crippen LogP contribution >= 0.6 is 24.2 Å². The highest BCUT2D eigenvalue weighted by molar-refractivity contribution is 7.80. The maximum atomic E-state index is 12.0. The molecule has 0 aliphatic carbocycles. The van der Waals surface area contributed by atoms with E-state index in [9.17, 15) is 4.79 Å². The number of amides is 1. The van der Waals surface area contributed by atoms with Crippen molar-refractivity contribution in [1.82, 2.24) is 20.1 Å². The predicted octanol–water partition coefficient (Wildman–Crippen LogP) is 2.07. The Kier molecular flexibility index (Phi) is 5.03. The highest BCUT2D eigenvalue weighted by atomic mass is 35.5. The zero-order valence-electron chi connectivity index (χ0n) is 11.0. The molecule has 0 saturated heterocycles. The molecule has 20 heavy (non-hydrogen) atoms. The van der Waals surface area contributed by atoms with Crippen LogP contribution in [0, 0.1) is 0 Å². The Morgan fingerprint density at radius 2 is 2.40 bits per heavy atom. The fraction of sp³-hybridized carbons (Fsp3) is 0.308. The van der Waals surface area contributed by atoms with Gasteiger partial charge in [-0.2, -0.15) is 17.7 Å². The van der Waals surface area contributed by atoms with Gasteiger partial charge in [-0.1, -0.05) is 11.6 Å². The molecule has 0 aromatic carbocycles. The van der Waals surface area contributed by atoms with E-state index in [2.05, 4.69) is 28.0 Å². The van der Waals surface area contributed by atoms with Crippen LogP contribution in [0.2, 0.25) is 5.15 Å². The first-order chi connectivity index (χ1) is 9.67. The average molecular weight is 311 g/mol. The molecule has 0 aliphatic heterocycles. The standard InChI is InChI=1S/C13H15ClN4OS/c1-2-16-13(19)11(8-20)10-7-18(17-12(10)14)9-4-3-5-15-6-9/h3-7,11,20H,2,8H2,1H3,(H,16,19). The van der Waals surface area contributed by atoms with Gasteiger partial charge in [0.15, 0.2) is 5.15 Å². The van der Waals surface area contributed by atoms with Gasteiger partial charge in [-0.05, 0) is 19.1 Å². The van der Waals surface area contributed by atoms with Crippen LogP contribution in [0.5, 0.6) is 0 Å². The third-order valence-corrected chi connectivity index (χ3v) is 3.49. The lowest BCUT2D eigenvalue weighted by Gasteiger charge is -2.12. The predicted molar refractivity (Wildman–Crippen MR) is 81.6 cm³/mol. The SMILES string of the molecule is CCNC(=O)C(CS)c1cn(-c2cccnc2)nc1Cl. The van der Waals surface area contributed by atoms with Gasteiger partial charge in [0.2, 0.25) is 5.91 Å². The fourth-order valence-electron chi connectivity index (χ4n) is 1.84. The number of carbonyl (C=O) groups is 1. The summed E-state index contributed by atoms with van der Waals surface area (Å²) in [5.74, 6) is -0.157. The summed E-state index contributed by atoms with van der Waals surface area (Å²) in [5, 5.41) is 7.30. The largest absolute Gasteiger partial charge is 0.356 e. The molecule has 0 fully saturated rings. The smallest absolute Gasteiger partial charge is 0.228 e. The molecule has 1 N–H and O–H groups in total. The Bertz CT molecular complexity index is 587. The molecule has 2 aromatic rings. The quantitative estimate of drug-likeness (QED) is 0.831. The maximum Gasteiger partial charge on any atom is 0.228 e. The fourth-order valence-corrected chi connectivity index (χ4v) is 2.47. The molecule has 2 heterocycles. The molecule has 1 amide bonds. The number of nitrogens with zero attached hydrogens (tertiary/aromatic N) is 3. The lowest BCUT2D eigenvalue weighted by molar-refractivity contribution is -0.121. The van der Waals surface area contributed by atoms with Crippen molar-refractivity contribution in [2.45, 2.75) is 12.8 Å². The van der Waals surface area contributed by atoms with Crippen LogP contribution in [0.15, 0.2) is 30.7 Å². The third-order valence-electron chi connectivity index (χ3n) is 2.83. The summed E-state index contributed by atoms with van der Waals surface area (Å²) in [4.78, 5) is 16.0. The van der Waals surface area contributed by atoms with Crippen molar-refractivity contribution < 1.29 is 4.79 Å². The summed E-state index contributed by atoms with van der Waals surface area (Å²) in [6.45, 7) is 2.44. The molecule has 0 aliphatic rings. The highest BCUT2D eigenvalue weighted by Gasteiger charge is 2.24. The second kappa shape index (κ2) is 6.76. The van der Waals surface area contributed by atoms with Gasteiger partial charge in [0.25, 0.3) is 0 Å². The number of pyridine rings is 1. The summed E-state index contributed by atoms with van der Waals surface area (Å²) < 4.78 is 1.61. The molecule has 1 atom stereocenters. The van der Waals surface area contributed by atoms with E-state index < -0.39 is 5.92 Å². The maximum absolute atomic E-state index is 12.0. The first-order valence-corrected chi connectivity index (χ1v) is 7.22. The van der Waals surface area contributed by atoms with E-state index in [1.807, 2.05) is 19.1 Å². The first kappa shape index (κ1) is 14.9. The molecule has 0 bridgehead atoms. The number of hydrogen-bond acceptors (Lipinski definition) is 4. The Labute approximate surface area is 127 Å². The van der Waals surface area contributed by atoms with Gasteiger partial charge < -0.3 is 5.32 Å². The topological polar surface area (TPSA) is 59.8 Å². The zero-order valence-corrected chi connectivity index (χ0v) is 12.6. The monoisotopic (exact) mass is 310 g/mol. The van der Waals surface area contributed by atoms with Crippen molar-refractivity contribution in [3.8, 4) is 5.69 Å². The van der Waals surface area contributed by atoms with Crippen molar-refractivity contribution in [3.63, 3.8) is 0 Å². The number of carbonyl (C=O) groups excluding carboxylic acids is 1. The van der Waals surface area contributed by atoms with E-state index in [1.165, 1.54) is 0 Å². The number of rotatable bonds is 5.